The van der Waals surface area contributed by atoms with E-state index in [2.05, 4.69) is 27.7 Å². The van der Waals surface area contributed by atoms with Gasteiger partial charge in [-0.25, -0.2) is 8.42 Å². The third-order valence-electron chi connectivity index (χ3n) is 3.66. The molecule has 0 N–H and O–H groups in total. The summed E-state index contributed by atoms with van der Waals surface area (Å²) < 4.78 is 22.9. The molecule has 1 fully saturated rings. The molecule has 0 aromatic carbocycles. The van der Waals surface area contributed by atoms with Gasteiger partial charge >= 0.3 is 0 Å². The van der Waals surface area contributed by atoms with Crippen LogP contribution in [0.15, 0.2) is 0 Å². The van der Waals surface area contributed by atoms with Crippen LogP contribution in [0.1, 0.15) is 40.5 Å². The first-order valence-corrected chi connectivity index (χ1v) is 6.75. The zero-order valence-electron chi connectivity index (χ0n) is 9.05. The Morgan fingerprint density at radius 3 is 2.00 bits per heavy atom. The minimum absolute atomic E-state index is 0.0197. The first-order chi connectivity index (χ1) is 5.72. The molecule has 1 saturated heterocycles. The van der Waals surface area contributed by atoms with E-state index in [1.165, 1.54) is 0 Å². The summed E-state index contributed by atoms with van der Waals surface area (Å²) in [6.07, 6.45) is 1.81. The lowest BCUT2D eigenvalue weighted by atomic mass is 9.65. The van der Waals surface area contributed by atoms with Gasteiger partial charge in [0.15, 0.2) is 9.84 Å². The normalized spacial score (nSPS) is 33.5. The van der Waals surface area contributed by atoms with Gasteiger partial charge < -0.3 is 0 Å². The van der Waals surface area contributed by atoms with Gasteiger partial charge in [-0.3, -0.25) is 0 Å². The van der Waals surface area contributed by atoms with Crippen LogP contribution in [0, 0.1) is 10.8 Å². The van der Waals surface area contributed by atoms with Gasteiger partial charge in [0.1, 0.15) is 0 Å². The van der Waals surface area contributed by atoms with Gasteiger partial charge in [-0.05, 0) is 23.7 Å². The Hall–Kier alpha value is -0.0500. The van der Waals surface area contributed by atoms with Gasteiger partial charge in [0, 0.05) is 0 Å². The minimum Gasteiger partial charge on any atom is -0.229 e. The maximum atomic E-state index is 11.5. The monoisotopic (exact) mass is 204 g/mol. The van der Waals surface area contributed by atoms with E-state index in [9.17, 15) is 8.42 Å². The smallest absolute Gasteiger partial charge is 0.150 e. The lowest BCUT2D eigenvalue weighted by Gasteiger charge is -2.40. The summed E-state index contributed by atoms with van der Waals surface area (Å²) in [4.78, 5) is 0. The molecule has 0 unspecified atom stereocenters. The van der Waals surface area contributed by atoms with E-state index in [4.69, 9.17) is 0 Å². The van der Waals surface area contributed by atoms with Crippen molar-refractivity contribution < 1.29 is 8.42 Å². The molecule has 1 aliphatic rings. The fourth-order valence-electron chi connectivity index (χ4n) is 2.32. The van der Waals surface area contributed by atoms with E-state index in [1.54, 1.807) is 0 Å². The van der Waals surface area contributed by atoms with E-state index in [0.29, 0.717) is 11.5 Å². The molecule has 2 nitrogen and oxygen atoms in total. The first kappa shape index (κ1) is 11.0. The summed E-state index contributed by atoms with van der Waals surface area (Å²) in [5, 5.41) is 0. The van der Waals surface area contributed by atoms with Gasteiger partial charge in [0.25, 0.3) is 0 Å². The van der Waals surface area contributed by atoms with Gasteiger partial charge in [-0.1, -0.05) is 27.7 Å². The summed E-state index contributed by atoms with van der Waals surface area (Å²) in [5.41, 5.74) is 0.122. The fourth-order valence-corrected chi connectivity index (χ4v) is 4.79. The Kier molecular flexibility index (Phi) is 2.52. The van der Waals surface area contributed by atoms with Crippen LogP contribution in [0.5, 0.6) is 0 Å². The zero-order valence-corrected chi connectivity index (χ0v) is 9.87. The van der Waals surface area contributed by atoms with Crippen LogP contribution in [-0.2, 0) is 9.84 Å². The number of hydrogen-bond acceptors (Lipinski definition) is 2. The van der Waals surface area contributed by atoms with E-state index in [1.807, 2.05) is 0 Å². The van der Waals surface area contributed by atoms with Crippen molar-refractivity contribution in [2.24, 2.45) is 10.8 Å². The zero-order chi connectivity index (χ0) is 10.3. The molecule has 1 aliphatic heterocycles. The van der Waals surface area contributed by atoms with Crippen molar-refractivity contribution in [2.75, 3.05) is 11.5 Å². The lowest BCUT2D eigenvalue weighted by Crippen LogP contribution is -2.36. The van der Waals surface area contributed by atoms with Crippen molar-refractivity contribution in [3.63, 3.8) is 0 Å². The van der Waals surface area contributed by atoms with Crippen molar-refractivity contribution in [1.82, 2.24) is 0 Å². The van der Waals surface area contributed by atoms with Crippen LogP contribution in [0.2, 0.25) is 0 Å². The maximum absolute atomic E-state index is 11.5. The molecular formula is C10H20O2S. The van der Waals surface area contributed by atoms with Crippen molar-refractivity contribution in [1.29, 1.82) is 0 Å². The van der Waals surface area contributed by atoms with Gasteiger partial charge in [-0.15, -0.1) is 0 Å². The summed E-state index contributed by atoms with van der Waals surface area (Å²) in [6.45, 7) is 8.55. The summed E-state index contributed by atoms with van der Waals surface area (Å²) in [6, 6.07) is 0. The molecule has 1 rings (SSSR count). The Morgan fingerprint density at radius 2 is 1.85 bits per heavy atom. The third kappa shape index (κ3) is 1.90. The average molecular weight is 204 g/mol. The van der Waals surface area contributed by atoms with E-state index < -0.39 is 9.84 Å². The minimum atomic E-state index is -2.75. The van der Waals surface area contributed by atoms with E-state index in [-0.39, 0.29) is 10.8 Å². The van der Waals surface area contributed by atoms with E-state index >= 15 is 0 Å². The third-order valence-corrected chi connectivity index (χ3v) is 5.47. The Morgan fingerprint density at radius 1 is 1.31 bits per heavy atom. The van der Waals surface area contributed by atoms with Crippen molar-refractivity contribution in [3.05, 3.63) is 0 Å². The molecular weight excluding hydrogens is 184 g/mol. The molecule has 0 saturated carbocycles. The number of hydrogen-bond donors (Lipinski definition) is 0. The van der Waals surface area contributed by atoms with Gasteiger partial charge in [-0.2, -0.15) is 0 Å². The summed E-state index contributed by atoms with van der Waals surface area (Å²) in [5.74, 6) is 0.776. The maximum Gasteiger partial charge on any atom is 0.150 e. The van der Waals surface area contributed by atoms with Crippen molar-refractivity contribution in [3.8, 4) is 0 Å². The molecule has 0 aromatic heterocycles. The molecule has 1 heterocycles. The summed E-state index contributed by atoms with van der Waals surface area (Å²) >= 11 is 0. The summed E-state index contributed by atoms with van der Waals surface area (Å²) in [7, 11) is -2.75. The second kappa shape index (κ2) is 2.97. The Labute approximate surface area is 81.6 Å². The molecule has 0 amide bonds. The standard InChI is InChI=1S/C10H20O2S/c1-5-10(9(2,3)4)6-7-13(11,12)8-10/h5-8H2,1-4H3/t10-/m1/s1. The highest BCUT2D eigenvalue weighted by atomic mass is 32.2. The second-order valence-electron chi connectivity index (χ2n) is 5.23. The molecule has 3 heteroatoms. The average Bonchev–Trinajstić information content (AvgIpc) is 2.26. The van der Waals surface area contributed by atoms with Crippen molar-refractivity contribution >= 4 is 9.84 Å². The second-order valence-corrected chi connectivity index (χ2v) is 7.41. The van der Waals surface area contributed by atoms with Gasteiger partial charge in [0.2, 0.25) is 0 Å². The lowest BCUT2D eigenvalue weighted by molar-refractivity contribution is 0.111. The van der Waals surface area contributed by atoms with Gasteiger partial charge in [0.05, 0.1) is 11.5 Å². The number of rotatable bonds is 1. The van der Waals surface area contributed by atoms with Crippen molar-refractivity contribution in [2.45, 2.75) is 40.5 Å². The van der Waals surface area contributed by atoms with Crippen LogP contribution in [0.25, 0.3) is 0 Å². The highest BCUT2D eigenvalue weighted by molar-refractivity contribution is 7.91. The fraction of sp³-hybridized carbons (Fsp3) is 1.00. The predicted molar refractivity (Wildman–Crippen MR) is 55.4 cm³/mol. The Bertz CT molecular complexity index is 285. The molecule has 0 spiro atoms. The molecule has 78 valence electrons. The molecule has 13 heavy (non-hydrogen) atoms. The predicted octanol–water partition coefficient (Wildman–Crippen LogP) is 2.25. The molecule has 0 radical (unpaired) electrons. The molecule has 0 aliphatic carbocycles. The molecule has 1 atom stereocenters. The highest BCUT2D eigenvalue weighted by Gasteiger charge is 2.48. The van der Waals surface area contributed by atoms with Crippen LogP contribution >= 0.6 is 0 Å². The van der Waals surface area contributed by atoms with Crippen LogP contribution in [0.4, 0.5) is 0 Å². The van der Waals surface area contributed by atoms with Crippen LogP contribution in [0.3, 0.4) is 0 Å². The molecule has 0 bridgehead atoms. The van der Waals surface area contributed by atoms with Crippen LogP contribution in [-0.4, -0.2) is 19.9 Å². The topological polar surface area (TPSA) is 34.1 Å². The first-order valence-electron chi connectivity index (χ1n) is 4.93. The van der Waals surface area contributed by atoms with Crippen LogP contribution < -0.4 is 0 Å². The molecule has 0 aromatic rings. The largest absolute Gasteiger partial charge is 0.229 e. The van der Waals surface area contributed by atoms with E-state index in [0.717, 1.165) is 12.8 Å². The highest BCUT2D eigenvalue weighted by Crippen LogP contribution is 2.49. The number of sulfone groups is 1. The SMILES string of the molecule is CC[C@@]1(C(C)(C)C)CCS(=O)(=O)C1. The Balaban J connectivity index is 3.00. The quantitative estimate of drug-likeness (QED) is 0.656.